The summed E-state index contributed by atoms with van der Waals surface area (Å²) in [7, 11) is 0. The first-order chi connectivity index (χ1) is 6.61. The monoisotopic (exact) mass is 194 g/mol. The summed E-state index contributed by atoms with van der Waals surface area (Å²) in [5.41, 5.74) is -0.844. The summed E-state index contributed by atoms with van der Waals surface area (Å²) in [6.45, 7) is 1.42. The van der Waals surface area contributed by atoms with Gasteiger partial charge in [0, 0.05) is 0 Å². The smallest absolute Gasteiger partial charge is 0.343 e. The molecule has 0 spiro atoms. The number of rotatable bonds is 0. The molecule has 0 radical (unpaired) electrons. The Kier molecular flexibility index (Phi) is 1.77. The Morgan fingerprint density at radius 3 is 2.86 bits per heavy atom. The van der Waals surface area contributed by atoms with E-state index >= 15 is 0 Å². The Bertz CT molecular complexity index is 557. The molecule has 0 bridgehead atoms. The molecule has 1 heterocycles. The van der Waals surface area contributed by atoms with Gasteiger partial charge in [-0.3, -0.25) is 0 Å². The Balaban J connectivity index is 3.06. The number of benzene rings is 1. The molecule has 0 saturated carbocycles. The van der Waals surface area contributed by atoms with Crippen LogP contribution >= 0.6 is 0 Å². The number of hydrogen-bond donors (Lipinski definition) is 1. The molecule has 0 aliphatic heterocycles. The molecule has 1 aromatic carbocycles. The normalized spacial score (nSPS) is 10.7. The van der Waals surface area contributed by atoms with E-state index < -0.39 is 11.4 Å². The van der Waals surface area contributed by atoms with Gasteiger partial charge in [0.1, 0.15) is 5.75 Å². The maximum Gasteiger partial charge on any atom is 0.343 e. The summed E-state index contributed by atoms with van der Waals surface area (Å²) in [6, 6.07) is 4.10. The zero-order chi connectivity index (χ0) is 10.3. The van der Waals surface area contributed by atoms with E-state index in [9.17, 15) is 14.3 Å². The van der Waals surface area contributed by atoms with Crippen LogP contribution in [0.15, 0.2) is 27.4 Å². The standard InChI is InChI=1S/C10H7FO3/c1-5-8(12)6-3-2-4-7(11)9(6)14-10(5)13/h2-4,12H,1H3. The molecule has 2 aromatic rings. The van der Waals surface area contributed by atoms with Crippen molar-refractivity contribution in [3.8, 4) is 5.75 Å². The Morgan fingerprint density at radius 2 is 2.14 bits per heavy atom. The average molecular weight is 194 g/mol. The summed E-state index contributed by atoms with van der Waals surface area (Å²) in [6.07, 6.45) is 0. The third-order valence-corrected chi connectivity index (χ3v) is 2.08. The van der Waals surface area contributed by atoms with Crippen molar-refractivity contribution >= 4 is 11.0 Å². The lowest BCUT2D eigenvalue weighted by Crippen LogP contribution is -2.03. The first kappa shape index (κ1) is 8.74. The number of fused-ring (bicyclic) bond motifs is 1. The highest BCUT2D eigenvalue weighted by Crippen LogP contribution is 2.26. The van der Waals surface area contributed by atoms with E-state index in [1.54, 1.807) is 0 Å². The van der Waals surface area contributed by atoms with E-state index in [1.165, 1.54) is 25.1 Å². The molecule has 0 amide bonds. The summed E-state index contributed by atoms with van der Waals surface area (Å²) in [5, 5.41) is 9.75. The van der Waals surface area contributed by atoms with E-state index in [4.69, 9.17) is 4.42 Å². The van der Waals surface area contributed by atoms with Crippen molar-refractivity contribution in [1.82, 2.24) is 0 Å². The van der Waals surface area contributed by atoms with E-state index in [0.29, 0.717) is 0 Å². The predicted molar refractivity (Wildman–Crippen MR) is 48.8 cm³/mol. The second kappa shape index (κ2) is 2.83. The molecule has 0 aliphatic carbocycles. The summed E-state index contributed by atoms with van der Waals surface area (Å²) >= 11 is 0. The van der Waals surface area contributed by atoms with Gasteiger partial charge in [-0.25, -0.2) is 9.18 Å². The van der Waals surface area contributed by atoms with Gasteiger partial charge in [0.15, 0.2) is 11.4 Å². The molecule has 0 fully saturated rings. The van der Waals surface area contributed by atoms with Crippen molar-refractivity contribution in [2.75, 3.05) is 0 Å². The van der Waals surface area contributed by atoms with Crippen LogP contribution < -0.4 is 5.63 Å². The van der Waals surface area contributed by atoms with Crippen LogP contribution in [0, 0.1) is 12.7 Å². The summed E-state index contributed by atoms with van der Waals surface area (Å²) in [4.78, 5) is 11.1. The highest BCUT2D eigenvalue weighted by molar-refractivity contribution is 5.84. The minimum atomic E-state index is -0.722. The fourth-order valence-electron chi connectivity index (χ4n) is 1.27. The van der Waals surface area contributed by atoms with Crippen LogP contribution in [0.4, 0.5) is 4.39 Å². The Labute approximate surface area is 78.4 Å². The van der Waals surface area contributed by atoms with Gasteiger partial charge in [0.25, 0.3) is 0 Å². The largest absolute Gasteiger partial charge is 0.507 e. The topological polar surface area (TPSA) is 50.4 Å². The fourth-order valence-corrected chi connectivity index (χ4v) is 1.27. The lowest BCUT2D eigenvalue weighted by Gasteiger charge is -2.02. The molecular formula is C10H7FO3. The molecule has 0 aliphatic rings. The van der Waals surface area contributed by atoms with E-state index in [2.05, 4.69) is 0 Å². The quantitative estimate of drug-likeness (QED) is 0.652. The van der Waals surface area contributed by atoms with Gasteiger partial charge in [-0.15, -0.1) is 0 Å². The zero-order valence-corrected chi connectivity index (χ0v) is 7.37. The third-order valence-electron chi connectivity index (χ3n) is 2.08. The fraction of sp³-hybridized carbons (Fsp3) is 0.100. The van der Waals surface area contributed by atoms with Crippen LogP contribution in [0.5, 0.6) is 5.75 Å². The van der Waals surface area contributed by atoms with Gasteiger partial charge in [0.05, 0.1) is 10.9 Å². The minimum absolute atomic E-state index is 0.0862. The van der Waals surface area contributed by atoms with Crippen LogP contribution in [0.25, 0.3) is 11.0 Å². The molecule has 0 saturated heterocycles. The van der Waals surface area contributed by atoms with Crippen molar-refractivity contribution in [2.45, 2.75) is 6.92 Å². The van der Waals surface area contributed by atoms with Crippen molar-refractivity contribution in [2.24, 2.45) is 0 Å². The Morgan fingerprint density at radius 1 is 1.43 bits per heavy atom. The van der Waals surface area contributed by atoms with E-state index in [-0.39, 0.29) is 22.3 Å². The molecule has 72 valence electrons. The van der Waals surface area contributed by atoms with Crippen LogP contribution in [-0.2, 0) is 0 Å². The maximum absolute atomic E-state index is 13.1. The third kappa shape index (κ3) is 1.08. The average Bonchev–Trinajstić information content (AvgIpc) is 2.17. The van der Waals surface area contributed by atoms with Crippen LogP contribution in [0.1, 0.15) is 5.56 Å². The van der Waals surface area contributed by atoms with Crippen LogP contribution in [-0.4, -0.2) is 5.11 Å². The molecule has 1 aromatic heterocycles. The van der Waals surface area contributed by atoms with Gasteiger partial charge in [-0.2, -0.15) is 0 Å². The maximum atomic E-state index is 13.1. The predicted octanol–water partition coefficient (Wildman–Crippen LogP) is 1.95. The number of para-hydroxylation sites is 1. The van der Waals surface area contributed by atoms with Gasteiger partial charge in [0.2, 0.25) is 0 Å². The van der Waals surface area contributed by atoms with Crippen LogP contribution in [0.3, 0.4) is 0 Å². The van der Waals surface area contributed by atoms with Crippen molar-refractivity contribution < 1.29 is 13.9 Å². The highest BCUT2D eigenvalue weighted by Gasteiger charge is 2.12. The molecule has 1 N–H and O–H groups in total. The SMILES string of the molecule is Cc1c(O)c2cccc(F)c2oc1=O. The number of aromatic hydroxyl groups is 1. The molecule has 14 heavy (non-hydrogen) atoms. The first-order valence-electron chi connectivity index (χ1n) is 4.02. The molecule has 3 nitrogen and oxygen atoms in total. The zero-order valence-electron chi connectivity index (χ0n) is 7.37. The van der Waals surface area contributed by atoms with Crippen molar-refractivity contribution in [3.05, 3.63) is 40.0 Å². The second-order valence-electron chi connectivity index (χ2n) is 2.98. The molecule has 0 unspecified atom stereocenters. The van der Waals surface area contributed by atoms with E-state index in [1.807, 2.05) is 0 Å². The Hall–Kier alpha value is -1.84. The van der Waals surface area contributed by atoms with Gasteiger partial charge < -0.3 is 9.52 Å². The highest BCUT2D eigenvalue weighted by atomic mass is 19.1. The number of halogens is 1. The molecule has 0 atom stereocenters. The lowest BCUT2D eigenvalue weighted by atomic mass is 10.1. The van der Waals surface area contributed by atoms with Crippen molar-refractivity contribution in [1.29, 1.82) is 0 Å². The second-order valence-corrected chi connectivity index (χ2v) is 2.98. The minimum Gasteiger partial charge on any atom is -0.507 e. The van der Waals surface area contributed by atoms with E-state index in [0.717, 1.165) is 0 Å². The molecule has 2 rings (SSSR count). The van der Waals surface area contributed by atoms with Gasteiger partial charge >= 0.3 is 5.63 Å². The number of hydrogen-bond acceptors (Lipinski definition) is 3. The lowest BCUT2D eigenvalue weighted by molar-refractivity contribution is 0.456. The van der Waals surface area contributed by atoms with Crippen molar-refractivity contribution in [3.63, 3.8) is 0 Å². The molecule has 4 heteroatoms. The van der Waals surface area contributed by atoms with Gasteiger partial charge in [-0.05, 0) is 19.1 Å². The first-order valence-corrected chi connectivity index (χ1v) is 4.02. The summed E-state index contributed by atoms with van der Waals surface area (Å²) in [5.74, 6) is -0.884. The van der Waals surface area contributed by atoms with Gasteiger partial charge in [-0.1, -0.05) is 6.07 Å². The van der Waals surface area contributed by atoms with Crippen LogP contribution in [0.2, 0.25) is 0 Å². The molecular weight excluding hydrogens is 187 g/mol. The summed E-state index contributed by atoms with van der Waals surface area (Å²) < 4.78 is 17.8.